The standard InChI is InChI=1S/C14H13N3O3S/c18-13(10-4-2-1-3-5-10)15-11-6-7-17(14(19)16-11)12-8-20-9-21-12/h1-7,12H,8-9H2,(H,15,16,18,19)/t12-/m1/s1. The second-order valence-corrected chi connectivity index (χ2v) is 5.55. The van der Waals surface area contributed by atoms with Gasteiger partial charge in [-0.3, -0.25) is 9.36 Å². The van der Waals surface area contributed by atoms with Crippen molar-refractivity contribution in [3.05, 3.63) is 58.6 Å². The van der Waals surface area contributed by atoms with Crippen LogP contribution in [0.25, 0.3) is 0 Å². The van der Waals surface area contributed by atoms with E-state index in [4.69, 9.17) is 4.74 Å². The Bertz CT molecular complexity index is 696. The van der Waals surface area contributed by atoms with Gasteiger partial charge in [0.15, 0.2) is 0 Å². The summed E-state index contributed by atoms with van der Waals surface area (Å²) in [6.45, 7) is 0.488. The van der Waals surface area contributed by atoms with Crippen molar-refractivity contribution < 1.29 is 9.53 Å². The van der Waals surface area contributed by atoms with Crippen molar-refractivity contribution in [3.8, 4) is 0 Å². The van der Waals surface area contributed by atoms with Gasteiger partial charge in [0.25, 0.3) is 5.91 Å². The number of anilines is 1. The van der Waals surface area contributed by atoms with Crippen molar-refractivity contribution >= 4 is 23.5 Å². The van der Waals surface area contributed by atoms with Crippen LogP contribution >= 0.6 is 11.8 Å². The molecule has 7 heteroatoms. The fourth-order valence-corrected chi connectivity index (χ4v) is 2.83. The summed E-state index contributed by atoms with van der Waals surface area (Å²) in [6, 6.07) is 10.4. The maximum Gasteiger partial charge on any atom is 0.350 e. The van der Waals surface area contributed by atoms with E-state index in [-0.39, 0.29) is 17.1 Å². The van der Waals surface area contributed by atoms with Gasteiger partial charge in [-0.15, -0.1) is 11.8 Å². The molecule has 1 amide bonds. The predicted octanol–water partition coefficient (Wildman–Crippen LogP) is 1.72. The second kappa shape index (κ2) is 6.11. The van der Waals surface area contributed by atoms with E-state index < -0.39 is 5.69 Å². The molecule has 6 nitrogen and oxygen atoms in total. The minimum Gasteiger partial charge on any atom is -0.368 e. The highest BCUT2D eigenvalue weighted by Gasteiger charge is 2.19. The fourth-order valence-electron chi connectivity index (χ4n) is 1.96. The third-order valence-electron chi connectivity index (χ3n) is 3.02. The van der Waals surface area contributed by atoms with Crippen LogP contribution in [0, 0.1) is 0 Å². The normalized spacial score (nSPS) is 17.6. The van der Waals surface area contributed by atoms with Crippen molar-refractivity contribution in [1.29, 1.82) is 0 Å². The molecule has 0 aliphatic carbocycles. The Balaban J connectivity index is 1.76. The quantitative estimate of drug-likeness (QED) is 0.934. The average Bonchev–Trinajstić information content (AvgIpc) is 3.02. The molecule has 3 rings (SSSR count). The van der Waals surface area contributed by atoms with Crippen LogP contribution in [0.15, 0.2) is 47.4 Å². The molecule has 21 heavy (non-hydrogen) atoms. The monoisotopic (exact) mass is 303 g/mol. The Labute approximate surface area is 125 Å². The smallest absolute Gasteiger partial charge is 0.350 e. The molecule has 2 aromatic rings. The SMILES string of the molecule is O=C(Nc1ccn([C@H]2COCS2)c(=O)n1)c1ccccc1. The molecule has 0 radical (unpaired) electrons. The van der Waals surface area contributed by atoms with Crippen LogP contribution in [0.5, 0.6) is 0 Å². The number of thioether (sulfide) groups is 1. The first-order valence-electron chi connectivity index (χ1n) is 6.39. The highest BCUT2D eigenvalue weighted by molar-refractivity contribution is 7.99. The molecule has 1 atom stereocenters. The third kappa shape index (κ3) is 3.14. The van der Waals surface area contributed by atoms with Gasteiger partial charge in [0, 0.05) is 11.8 Å². The number of hydrogen-bond acceptors (Lipinski definition) is 5. The van der Waals surface area contributed by atoms with Gasteiger partial charge < -0.3 is 10.1 Å². The van der Waals surface area contributed by atoms with E-state index in [0.29, 0.717) is 18.1 Å². The fraction of sp³-hybridized carbons (Fsp3) is 0.214. The van der Waals surface area contributed by atoms with Gasteiger partial charge >= 0.3 is 5.69 Å². The lowest BCUT2D eigenvalue weighted by molar-refractivity contribution is 0.102. The number of rotatable bonds is 3. The predicted molar refractivity (Wildman–Crippen MR) is 80.3 cm³/mol. The zero-order valence-electron chi connectivity index (χ0n) is 11.1. The van der Waals surface area contributed by atoms with Crippen molar-refractivity contribution in [3.63, 3.8) is 0 Å². The summed E-state index contributed by atoms with van der Waals surface area (Å²) in [5.74, 6) is 0.525. The number of nitrogens with one attached hydrogen (secondary N) is 1. The minimum absolute atomic E-state index is 0.0520. The van der Waals surface area contributed by atoms with Crippen LogP contribution in [-0.4, -0.2) is 28.0 Å². The molecule has 0 bridgehead atoms. The topological polar surface area (TPSA) is 73.2 Å². The first-order valence-corrected chi connectivity index (χ1v) is 7.44. The molecule has 108 valence electrons. The highest BCUT2D eigenvalue weighted by Crippen LogP contribution is 2.27. The third-order valence-corrected chi connectivity index (χ3v) is 4.07. The van der Waals surface area contributed by atoms with Crippen LogP contribution in [0.1, 0.15) is 15.7 Å². The zero-order valence-corrected chi connectivity index (χ0v) is 11.9. The molecular formula is C14H13N3O3S. The van der Waals surface area contributed by atoms with Gasteiger partial charge in [-0.25, -0.2) is 4.79 Å². The maximum atomic E-state index is 12.0. The molecule has 0 unspecified atom stereocenters. The van der Waals surface area contributed by atoms with Gasteiger partial charge in [-0.2, -0.15) is 4.98 Å². The Morgan fingerprint density at radius 3 is 2.81 bits per heavy atom. The summed E-state index contributed by atoms with van der Waals surface area (Å²) in [5, 5.41) is 2.56. The van der Waals surface area contributed by atoms with Gasteiger partial charge in [-0.1, -0.05) is 18.2 Å². The Morgan fingerprint density at radius 1 is 1.33 bits per heavy atom. The first-order chi connectivity index (χ1) is 10.2. The molecule has 1 aliphatic heterocycles. The van der Waals surface area contributed by atoms with E-state index >= 15 is 0 Å². The molecule has 1 aliphatic rings. The van der Waals surface area contributed by atoms with E-state index in [0.717, 1.165) is 0 Å². The molecule has 1 aromatic carbocycles. The number of amides is 1. The summed E-state index contributed by atoms with van der Waals surface area (Å²) < 4.78 is 6.73. The molecule has 0 spiro atoms. The lowest BCUT2D eigenvalue weighted by Gasteiger charge is -2.11. The molecule has 0 saturated carbocycles. The van der Waals surface area contributed by atoms with E-state index in [2.05, 4.69) is 10.3 Å². The second-order valence-electron chi connectivity index (χ2n) is 4.43. The highest BCUT2D eigenvalue weighted by atomic mass is 32.2. The Hall–Kier alpha value is -2.12. The molecule has 1 saturated heterocycles. The van der Waals surface area contributed by atoms with E-state index in [9.17, 15) is 9.59 Å². The summed E-state index contributed by atoms with van der Waals surface area (Å²) in [5.41, 5.74) is 0.118. The van der Waals surface area contributed by atoms with Crippen LogP contribution in [0.4, 0.5) is 5.82 Å². The number of hydrogen-bond donors (Lipinski definition) is 1. The number of aromatic nitrogens is 2. The summed E-state index contributed by atoms with van der Waals surface area (Å²) in [4.78, 5) is 27.8. The zero-order chi connectivity index (χ0) is 14.7. The average molecular weight is 303 g/mol. The van der Waals surface area contributed by atoms with Crippen LogP contribution in [-0.2, 0) is 4.74 Å². The number of carbonyl (C=O) groups is 1. The minimum atomic E-state index is -0.399. The number of nitrogens with zero attached hydrogens (tertiary/aromatic N) is 2. The molecule has 1 fully saturated rings. The number of benzene rings is 1. The van der Waals surface area contributed by atoms with Crippen LogP contribution < -0.4 is 11.0 Å². The van der Waals surface area contributed by atoms with Crippen LogP contribution in [0.2, 0.25) is 0 Å². The lowest BCUT2D eigenvalue weighted by Crippen LogP contribution is -2.27. The Kier molecular flexibility index (Phi) is 4.03. The molecule has 2 heterocycles. The van der Waals surface area contributed by atoms with Gasteiger partial charge in [0.1, 0.15) is 11.2 Å². The van der Waals surface area contributed by atoms with Crippen molar-refractivity contribution in [1.82, 2.24) is 9.55 Å². The van der Waals surface area contributed by atoms with Crippen molar-refractivity contribution in [2.75, 3.05) is 17.9 Å². The molecule has 1 N–H and O–H groups in total. The van der Waals surface area contributed by atoms with Gasteiger partial charge in [-0.05, 0) is 18.2 Å². The van der Waals surface area contributed by atoms with Crippen molar-refractivity contribution in [2.45, 2.75) is 5.37 Å². The van der Waals surface area contributed by atoms with E-state index in [1.807, 2.05) is 6.07 Å². The first kappa shape index (κ1) is 13.8. The molecule has 1 aromatic heterocycles. The summed E-state index contributed by atoms with van der Waals surface area (Å²) in [6.07, 6.45) is 1.63. The summed E-state index contributed by atoms with van der Waals surface area (Å²) in [7, 11) is 0. The van der Waals surface area contributed by atoms with E-state index in [1.165, 1.54) is 16.3 Å². The largest absolute Gasteiger partial charge is 0.368 e. The number of carbonyl (C=O) groups excluding carboxylic acids is 1. The summed E-state index contributed by atoms with van der Waals surface area (Å²) >= 11 is 1.54. The van der Waals surface area contributed by atoms with E-state index in [1.54, 1.807) is 36.5 Å². The number of ether oxygens (including phenoxy) is 1. The van der Waals surface area contributed by atoms with Gasteiger partial charge in [0.05, 0.1) is 12.5 Å². The Morgan fingerprint density at radius 2 is 2.14 bits per heavy atom. The maximum absolute atomic E-state index is 12.0. The lowest BCUT2D eigenvalue weighted by atomic mass is 10.2. The van der Waals surface area contributed by atoms with Gasteiger partial charge in [0.2, 0.25) is 0 Å². The molecular weight excluding hydrogens is 290 g/mol. The van der Waals surface area contributed by atoms with Crippen LogP contribution in [0.3, 0.4) is 0 Å². The van der Waals surface area contributed by atoms with Crippen molar-refractivity contribution in [2.24, 2.45) is 0 Å².